The molecule has 0 bridgehead atoms. The first-order chi connectivity index (χ1) is 9.76. The highest BCUT2D eigenvalue weighted by Crippen LogP contribution is 2.36. The summed E-state index contributed by atoms with van der Waals surface area (Å²) < 4.78 is 5.32. The largest absolute Gasteiger partial charge is 0.497 e. The van der Waals surface area contributed by atoms with E-state index >= 15 is 0 Å². The number of nitrogens with zero attached hydrogens (tertiary/aromatic N) is 1. The van der Waals surface area contributed by atoms with Gasteiger partial charge in [0.25, 0.3) is 0 Å². The van der Waals surface area contributed by atoms with E-state index in [1.807, 2.05) is 6.07 Å². The molecule has 110 valence electrons. The molecule has 2 aliphatic rings. The second-order valence-electron chi connectivity index (χ2n) is 6.22. The predicted octanol–water partition coefficient (Wildman–Crippen LogP) is 2.79. The molecule has 3 heteroatoms. The number of hydrogen-bond donors (Lipinski definition) is 1. The molecule has 1 aliphatic heterocycles. The maximum Gasteiger partial charge on any atom is 0.119 e. The lowest BCUT2D eigenvalue weighted by Gasteiger charge is -2.34. The van der Waals surface area contributed by atoms with Crippen molar-refractivity contribution in [2.45, 2.75) is 50.2 Å². The zero-order valence-corrected chi connectivity index (χ0v) is 12.3. The summed E-state index contributed by atoms with van der Waals surface area (Å²) >= 11 is 0. The minimum atomic E-state index is -0.0916. The molecule has 1 atom stereocenters. The van der Waals surface area contributed by atoms with Gasteiger partial charge in [0, 0.05) is 19.1 Å². The maximum atomic E-state index is 9.66. The Morgan fingerprint density at radius 3 is 2.60 bits per heavy atom. The number of aliphatic hydroxyl groups excluding tert-OH is 1. The third-order valence-electron chi connectivity index (χ3n) is 4.97. The number of rotatable bonds is 3. The lowest BCUT2D eigenvalue weighted by Crippen LogP contribution is -2.36. The molecule has 0 radical (unpaired) electrons. The summed E-state index contributed by atoms with van der Waals surface area (Å²) in [4.78, 5) is 2.49. The van der Waals surface area contributed by atoms with Crippen LogP contribution in [0.3, 0.4) is 0 Å². The quantitative estimate of drug-likeness (QED) is 0.920. The van der Waals surface area contributed by atoms with Gasteiger partial charge in [-0.05, 0) is 55.7 Å². The van der Waals surface area contributed by atoms with Crippen LogP contribution in [0.4, 0.5) is 0 Å². The second-order valence-corrected chi connectivity index (χ2v) is 6.22. The van der Waals surface area contributed by atoms with E-state index in [0.29, 0.717) is 12.0 Å². The molecule has 1 N–H and O–H groups in total. The summed E-state index contributed by atoms with van der Waals surface area (Å²) in [5, 5.41) is 9.66. The molecule has 1 heterocycles. The third-order valence-corrected chi connectivity index (χ3v) is 4.97. The van der Waals surface area contributed by atoms with Crippen molar-refractivity contribution in [2.75, 3.05) is 20.2 Å². The highest BCUT2D eigenvalue weighted by Gasteiger charge is 2.30. The first-order valence-electron chi connectivity index (χ1n) is 7.82. The zero-order chi connectivity index (χ0) is 13.9. The average Bonchev–Trinajstić information content (AvgIpc) is 2.94. The highest BCUT2D eigenvalue weighted by molar-refractivity contribution is 5.31. The van der Waals surface area contributed by atoms with E-state index in [9.17, 15) is 5.11 Å². The fourth-order valence-electron chi connectivity index (χ4n) is 3.77. The highest BCUT2D eigenvalue weighted by atomic mass is 16.5. The van der Waals surface area contributed by atoms with E-state index < -0.39 is 0 Å². The van der Waals surface area contributed by atoms with Crippen molar-refractivity contribution in [1.29, 1.82) is 0 Å². The molecular weight excluding hydrogens is 250 g/mol. The summed E-state index contributed by atoms with van der Waals surface area (Å²) in [5.74, 6) is 1.64. The Morgan fingerprint density at radius 1 is 1.15 bits per heavy atom. The fourth-order valence-corrected chi connectivity index (χ4v) is 3.77. The molecule has 1 saturated heterocycles. The van der Waals surface area contributed by atoms with Crippen LogP contribution in [0.1, 0.15) is 43.6 Å². The monoisotopic (exact) mass is 275 g/mol. The lowest BCUT2D eigenvalue weighted by molar-refractivity contribution is 0.138. The Morgan fingerprint density at radius 2 is 1.95 bits per heavy atom. The van der Waals surface area contributed by atoms with Crippen LogP contribution in [0.5, 0.6) is 5.75 Å². The SMILES string of the molecule is COc1cccc(C2CCC(N3CCC(O)C3)CC2)c1. The summed E-state index contributed by atoms with van der Waals surface area (Å²) in [5.41, 5.74) is 1.42. The number of β-amino-alcohol motifs (C(OH)–C–C–N with tert-alkyl or cyclic N) is 1. The van der Waals surface area contributed by atoms with Crippen molar-refractivity contribution in [3.63, 3.8) is 0 Å². The smallest absolute Gasteiger partial charge is 0.119 e. The normalized spacial score (nSPS) is 31.4. The molecule has 1 unspecified atom stereocenters. The fraction of sp³-hybridized carbons (Fsp3) is 0.647. The number of ether oxygens (including phenoxy) is 1. The van der Waals surface area contributed by atoms with Crippen LogP contribution >= 0.6 is 0 Å². The van der Waals surface area contributed by atoms with Crippen LogP contribution in [-0.2, 0) is 0 Å². The van der Waals surface area contributed by atoms with Crippen LogP contribution in [-0.4, -0.2) is 42.4 Å². The van der Waals surface area contributed by atoms with E-state index in [1.54, 1.807) is 7.11 Å². The van der Waals surface area contributed by atoms with Gasteiger partial charge in [0.2, 0.25) is 0 Å². The molecule has 0 amide bonds. The van der Waals surface area contributed by atoms with Crippen molar-refractivity contribution in [1.82, 2.24) is 4.90 Å². The Hall–Kier alpha value is -1.06. The topological polar surface area (TPSA) is 32.7 Å². The summed E-state index contributed by atoms with van der Waals surface area (Å²) in [7, 11) is 1.73. The summed E-state index contributed by atoms with van der Waals surface area (Å²) in [6.45, 7) is 1.96. The van der Waals surface area contributed by atoms with Crippen LogP contribution < -0.4 is 4.74 Å². The minimum absolute atomic E-state index is 0.0916. The van der Waals surface area contributed by atoms with Gasteiger partial charge in [0.1, 0.15) is 5.75 Å². The Kier molecular flexibility index (Phi) is 4.27. The van der Waals surface area contributed by atoms with E-state index in [1.165, 1.54) is 31.2 Å². The van der Waals surface area contributed by atoms with E-state index in [-0.39, 0.29) is 6.10 Å². The van der Waals surface area contributed by atoms with E-state index in [0.717, 1.165) is 25.3 Å². The van der Waals surface area contributed by atoms with Crippen LogP contribution in [0.2, 0.25) is 0 Å². The van der Waals surface area contributed by atoms with Gasteiger partial charge >= 0.3 is 0 Å². The van der Waals surface area contributed by atoms with E-state index in [2.05, 4.69) is 23.1 Å². The summed E-state index contributed by atoms with van der Waals surface area (Å²) in [6.07, 6.45) is 5.89. The number of hydrogen-bond acceptors (Lipinski definition) is 3. The van der Waals surface area contributed by atoms with E-state index in [4.69, 9.17) is 4.74 Å². The van der Waals surface area contributed by atoms with Gasteiger partial charge in [-0.3, -0.25) is 4.90 Å². The molecule has 20 heavy (non-hydrogen) atoms. The average molecular weight is 275 g/mol. The van der Waals surface area contributed by atoms with Gasteiger partial charge in [0.15, 0.2) is 0 Å². The van der Waals surface area contributed by atoms with Crippen LogP contribution in [0.25, 0.3) is 0 Å². The number of aliphatic hydroxyl groups is 1. The molecular formula is C17H25NO2. The zero-order valence-electron chi connectivity index (χ0n) is 12.3. The summed E-state index contributed by atoms with van der Waals surface area (Å²) in [6, 6.07) is 9.21. The van der Waals surface area contributed by atoms with Gasteiger partial charge < -0.3 is 9.84 Å². The first kappa shape index (κ1) is 13.9. The number of likely N-dealkylation sites (tertiary alicyclic amines) is 1. The third kappa shape index (κ3) is 2.99. The van der Waals surface area contributed by atoms with Crippen molar-refractivity contribution >= 4 is 0 Å². The molecule has 2 fully saturated rings. The van der Waals surface area contributed by atoms with Crippen molar-refractivity contribution in [3.05, 3.63) is 29.8 Å². The number of methoxy groups -OCH3 is 1. The van der Waals surface area contributed by atoms with Gasteiger partial charge in [-0.1, -0.05) is 12.1 Å². The van der Waals surface area contributed by atoms with Crippen LogP contribution in [0.15, 0.2) is 24.3 Å². The van der Waals surface area contributed by atoms with Crippen molar-refractivity contribution < 1.29 is 9.84 Å². The molecule has 3 rings (SSSR count). The molecule has 1 aliphatic carbocycles. The van der Waals surface area contributed by atoms with Crippen molar-refractivity contribution in [3.8, 4) is 5.75 Å². The number of benzene rings is 1. The van der Waals surface area contributed by atoms with Gasteiger partial charge in [-0.25, -0.2) is 0 Å². The molecule has 1 aromatic rings. The standard InChI is InChI=1S/C17H25NO2/c1-20-17-4-2-3-14(11-17)13-5-7-15(8-6-13)18-10-9-16(19)12-18/h2-4,11,13,15-16,19H,5-10,12H2,1H3. The van der Waals surface area contributed by atoms with Gasteiger partial charge in [0.05, 0.1) is 13.2 Å². The Balaban J connectivity index is 1.58. The molecule has 1 aromatic carbocycles. The molecule has 1 saturated carbocycles. The van der Waals surface area contributed by atoms with Gasteiger partial charge in [-0.15, -0.1) is 0 Å². The minimum Gasteiger partial charge on any atom is -0.497 e. The molecule has 0 aromatic heterocycles. The Labute approximate surface area is 121 Å². The van der Waals surface area contributed by atoms with Crippen molar-refractivity contribution in [2.24, 2.45) is 0 Å². The molecule has 0 spiro atoms. The van der Waals surface area contributed by atoms with Gasteiger partial charge in [-0.2, -0.15) is 0 Å². The second kappa shape index (κ2) is 6.15. The van der Waals surface area contributed by atoms with Crippen LogP contribution in [0, 0.1) is 0 Å². The maximum absolute atomic E-state index is 9.66. The first-order valence-corrected chi connectivity index (χ1v) is 7.82. The molecule has 3 nitrogen and oxygen atoms in total. The Bertz CT molecular complexity index is 440. The lowest BCUT2D eigenvalue weighted by atomic mass is 9.81. The predicted molar refractivity (Wildman–Crippen MR) is 80.2 cm³/mol.